The molecule has 3 rings (SSSR count). The maximum atomic E-state index is 12.7. The van der Waals surface area contributed by atoms with Gasteiger partial charge in [-0.2, -0.15) is 0 Å². The van der Waals surface area contributed by atoms with Crippen LogP contribution in [-0.4, -0.2) is 29.3 Å². The fourth-order valence-corrected chi connectivity index (χ4v) is 3.42. The first-order valence-corrected chi connectivity index (χ1v) is 9.55. The van der Waals surface area contributed by atoms with E-state index in [1.165, 1.54) is 0 Å². The van der Waals surface area contributed by atoms with Crippen molar-refractivity contribution in [3.8, 4) is 0 Å². The topological polar surface area (TPSA) is 49.4 Å². The van der Waals surface area contributed by atoms with E-state index in [1.807, 2.05) is 36.4 Å². The highest BCUT2D eigenvalue weighted by Crippen LogP contribution is 2.23. The summed E-state index contributed by atoms with van der Waals surface area (Å²) in [5.41, 5.74) is 1.36. The summed E-state index contributed by atoms with van der Waals surface area (Å²) in [7, 11) is 0. The maximum absolute atomic E-state index is 12.7. The summed E-state index contributed by atoms with van der Waals surface area (Å²) < 4.78 is 2.03. The van der Waals surface area contributed by atoms with Crippen molar-refractivity contribution >= 4 is 56.0 Å². The second kappa shape index (κ2) is 7.65. The zero-order valence-corrected chi connectivity index (χ0v) is 16.6. The summed E-state index contributed by atoms with van der Waals surface area (Å²) in [6, 6.07) is 14.4. The fraction of sp³-hybridized carbons (Fsp3) is 0.222. The molecule has 1 unspecified atom stereocenters. The zero-order chi connectivity index (χ0) is 17.1. The SMILES string of the molecule is O=C(Nc1ccc(I)cc1)C1CCCN1C(=O)c1ccc(Br)cc1. The molecule has 1 saturated heterocycles. The van der Waals surface area contributed by atoms with E-state index >= 15 is 0 Å². The third kappa shape index (κ3) is 3.97. The van der Waals surface area contributed by atoms with Crippen LogP contribution in [0, 0.1) is 3.57 Å². The highest BCUT2D eigenvalue weighted by Gasteiger charge is 2.34. The molecule has 0 bridgehead atoms. The van der Waals surface area contributed by atoms with Crippen LogP contribution in [-0.2, 0) is 4.79 Å². The Morgan fingerprint density at radius 1 is 1.08 bits per heavy atom. The molecular weight excluding hydrogens is 483 g/mol. The fourth-order valence-electron chi connectivity index (χ4n) is 2.80. The molecule has 0 aliphatic carbocycles. The molecular formula is C18H16BrIN2O2. The Balaban J connectivity index is 1.72. The van der Waals surface area contributed by atoms with Crippen LogP contribution in [0.15, 0.2) is 53.0 Å². The molecule has 2 aromatic carbocycles. The largest absolute Gasteiger partial charge is 0.327 e. The molecule has 1 fully saturated rings. The number of benzene rings is 2. The first kappa shape index (κ1) is 17.4. The number of halogens is 2. The average Bonchev–Trinajstić information content (AvgIpc) is 3.07. The lowest BCUT2D eigenvalue weighted by atomic mass is 10.1. The Morgan fingerprint density at radius 3 is 2.42 bits per heavy atom. The number of carbonyl (C=O) groups is 2. The quantitative estimate of drug-likeness (QED) is 0.641. The molecule has 124 valence electrons. The second-order valence-electron chi connectivity index (χ2n) is 5.66. The lowest BCUT2D eigenvalue weighted by Gasteiger charge is -2.24. The van der Waals surface area contributed by atoms with E-state index in [0.29, 0.717) is 18.5 Å². The van der Waals surface area contributed by atoms with Crippen LogP contribution in [0.5, 0.6) is 0 Å². The van der Waals surface area contributed by atoms with E-state index in [1.54, 1.807) is 17.0 Å². The number of amides is 2. The van der Waals surface area contributed by atoms with Gasteiger partial charge in [-0.15, -0.1) is 0 Å². The number of likely N-dealkylation sites (tertiary alicyclic amines) is 1. The average molecular weight is 499 g/mol. The zero-order valence-electron chi connectivity index (χ0n) is 12.8. The van der Waals surface area contributed by atoms with Gasteiger partial charge in [0.15, 0.2) is 0 Å². The Labute approximate surface area is 162 Å². The van der Waals surface area contributed by atoms with Gasteiger partial charge in [-0.05, 0) is 84.0 Å². The van der Waals surface area contributed by atoms with Gasteiger partial charge in [0.05, 0.1) is 0 Å². The van der Waals surface area contributed by atoms with E-state index in [-0.39, 0.29) is 11.8 Å². The van der Waals surface area contributed by atoms with E-state index < -0.39 is 6.04 Å². The third-order valence-electron chi connectivity index (χ3n) is 4.02. The number of anilines is 1. The predicted molar refractivity (Wildman–Crippen MR) is 106 cm³/mol. The van der Waals surface area contributed by atoms with E-state index in [0.717, 1.165) is 20.2 Å². The Bertz CT molecular complexity index is 747. The van der Waals surface area contributed by atoms with Gasteiger partial charge in [-0.3, -0.25) is 9.59 Å². The summed E-state index contributed by atoms with van der Waals surface area (Å²) in [4.78, 5) is 27.0. The number of hydrogen-bond donors (Lipinski definition) is 1. The van der Waals surface area contributed by atoms with E-state index in [4.69, 9.17) is 0 Å². The number of rotatable bonds is 3. The van der Waals surface area contributed by atoms with Crippen molar-refractivity contribution in [2.75, 3.05) is 11.9 Å². The lowest BCUT2D eigenvalue weighted by molar-refractivity contribution is -0.119. The van der Waals surface area contributed by atoms with Crippen molar-refractivity contribution in [2.24, 2.45) is 0 Å². The molecule has 6 heteroatoms. The van der Waals surface area contributed by atoms with E-state index in [9.17, 15) is 9.59 Å². The van der Waals surface area contributed by atoms with Gasteiger partial charge < -0.3 is 10.2 Å². The number of nitrogens with one attached hydrogen (secondary N) is 1. The molecule has 0 spiro atoms. The van der Waals surface area contributed by atoms with Crippen molar-refractivity contribution < 1.29 is 9.59 Å². The highest BCUT2D eigenvalue weighted by atomic mass is 127. The first-order chi connectivity index (χ1) is 11.5. The number of carbonyl (C=O) groups excluding carboxylic acids is 2. The molecule has 2 aromatic rings. The van der Waals surface area contributed by atoms with Crippen molar-refractivity contribution in [1.82, 2.24) is 4.90 Å². The molecule has 0 aromatic heterocycles. The normalized spacial score (nSPS) is 16.9. The van der Waals surface area contributed by atoms with Crippen LogP contribution in [0.3, 0.4) is 0 Å². The monoisotopic (exact) mass is 498 g/mol. The molecule has 0 saturated carbocycles. The summed E-state index contributed by atoms with van der Waals surface area (Å²) in [6.07, 6.45) is 1.53. The van der Waals surface area contributed by atoms with Crippen LogP contribution < -0.4 is 5.32 Å². The van der Waals surface area contributed by atoms with Crippen molar-refractivity contribution in [3.63, 3.8) is 0 Å². The smallest absolute Gasteiger partial charge is 0.254 e. The van der Waals surface area contributed by atoms with Crippen LogP contribution in [0.4, 0.5) is 5.69 Å². The summed E-state index contributed by atoms with van der Waals surface area (Å²) in [5.74, 6) is -0.220. The third-order valence-corrected chi connectivity index (χ3v) is 5.27. The summed E-state index contributed by atoms with van der Waals surface area (Å²) >= 11 is 5.59. The molecule has 24 heavy (non-hydrogen) atoms. The minimum atomic E-state index is -0.416. The van der Waals surface area contributed by atoms with Gasteiger partial charge >= 0.3 is 0 Å². The molecule has 0 radical (unpaired) electrons. The molecule has 2 amide bonds. The predicted octanol–water partition coefficient (Wildman–Crippen LogP) is 4.30. The second-order valence-corrected chi connectivity index (χ2v) is 7.82. The van der Waals surface area contributed by atoms with Crippen molar-refractivity contribution in [3.05, 3.63) is 62.1 Å². The molecule has 1 aliphatic heterocycles. The minimum Gasteiger partial charge on any atom is -0.327 e. The first-order valence-electron chi connectivity index (χ1n) is 7.67. The Morgan fingerprint density at radius 2 is 1.75 bits per heavy atom. The van der Waals surface area contributed by atoms with Crippen LogP contribution in [0.25, 0.3) is 0 Å². The van der Waals surface area contributed by atoms with Crippen LogP contribution in [0.2, 0.25) is 0 Å². The summed E-state index contributed by atoms with van der Waals surface area (Å²) in [6.45, 7) is 0.611. The van der Waals surface area contributed by atoms with E-state index in [2.05, 4.69) is 43.8 Å². The maximum Gasteiger partial charge on any atom is 0.254 e. The number of hydrogen-bond acceptors (Lipinski definition) is 2. The van der Waals surface area contributed by atoms with Gasteiger partial charge in [0.1, 0.15) is 6.04 Å². The lowest BCUT2D eigenvalue weighted by Crippen LogP contribution is -2.43. The molecule has 4 nitrogen and oxygen atoms in total. The van der Waals surface area contributed by atoms with Gasteiger partial charge in [-0.25, -0.2) is 0 Å². The Kier molecular flexibility index (Phi) is 5.55. The van der Waals surface area contributed by atoms with Gasteiger partial charge in [0.25, 0.3) is 5.91 Å². The summed E-state index contributed by atoms with van der Waals surface area (Å²) in [5, 5.41) is 2.91. The molecule has 1 aliphatic rings. The molecule has 1 N–H and O–H groups in total. The molecule has 1 heterocycles. The highest BCUT2D eigenvalue weighted by molar-refractivity contribution is 14.1. The Hall–Kier alpha value is -1.41. The van der Waals surface area contributed by atoms with Crippen molar-refractivity contribution in [1.29, 1.82) is 0 Å². The van der Waals surface area contributed by atoms with Gasteiger partial charge in [0, 0.05) is 25.8 Å². The van der Waals surface area contributed by atoms with Crippen molar-refractivity contribution in [2.45, 2.75) is 18.9 Å². The minimum absolute atomic E-state index is 0.0947. The molecule has 1 atom stereocenters. The van der Waals surface area contributed by atoms with Gasteiger partial charge in [0.2, 0.25) is 5.91 Å². The number of nitrogens with zero attached hydrogens (tertiary/aromatic N) is 1. The van der Waals surface area contributed by atoms with Gasteiger partial charge in [-0.1, -0.05) is 15.9 Å². The van der Waals surface area contributed by atoms with Crippen LogP contribution >= 0.6 is 38.5 Å². The standard InChI is InChI=1S/C18H16BrIN2O2/c19-13-5-3-12(4-6-13)18(24)22-11-1-2-16(22)17(23)21-15-9-7-14(20)8-10-15/h3-10,16H,1-2,11H2,(H,21,23). The van der Waals surface area contributed by atoms with Crippen LogP contribution in [0.1, 0.15) is 23.2 Å².